The Morgan fingerprint density at radius 2 is 1.90 bits per heavy atom. The SMILES string of the molecule is Cc1cccc(CN2CCC(N3CCC[C@H](C(=O)NCc4ccccn4)C3)CC2)n1. The third kappa shape index (κ3) is 5.64. The highest BCUT2D eigenvalue weighted by Crippen LogP contribution is 2.24. The van der Waals surface area contributed by atoms with Crippen LogP contribution < -0.4 is 5.32 Å². The van der Waals surface area contributed by atoms with Crippen molar-refractivity contribution in [1.29, 1.82) is 0 Å². The molecule has 2 fully saturated rings. The minimum absolute atomic E-state index is 0.0944. The van der Waals surface area contributed by atoms with Crippen LogP contribution in [0.3, 0.4) is 0 Å². The molecule has 1 amide bonds. The van der Waals surface area contributed by atoms with Crippen LogP contribution in [0.2, 0.25) is 0 Å². The maximum atomic E-state index is 12.7. The van der Waals surface area contributed by atoms with E-state index in [0.29, 0.717) is 12.6 Å². The summed E-state index contributed by atoms with van der Waals surface area (Å²) in [4.78, 5) is 26.7. The lowest BCUT2D eigenvalue weighted by Crippen LogP contribution is -2.50. The van der Waals surface area contributed by atoms with Gasteiger partial charge < -0.3 is 5.32 Å². The Labute approximate surface area is 179 Å². The highest BCUT2D eigenvalue weighted by Gasteiger charge is 2.31. The van der Waals surface area contributed by atoms with Crippen LogP contribution >= 0.6 is 0 Å². The van der Waals surface area contributed by atoms with E-state index in [0.717, 1.165) is 62.6 Å². The smallest absolute Gasteiger partial charge is 0.224 e. The second-order valence-corrected chi connectivity index (χ2v) is 8.65. The molecule has 6 heteroatoms. The predicted octanol–water partition coefficient (Wildman–Crippen LogP) is 2.78. The Morgan fingerprint density at radius 1 is 1.07 bits per heavy atom. The lowest BCUT2D eigenvalue weighted by Gasteiger charge is -2.42. The number of piperidine rings is 2. The molecule has 2 aliphatic heterocycles. The van der Waals surface area contributed by atoms with Gasteiger partial charge in [-0.05, 0) is 63.4 Å². The Kier molecular flexibility index (Phi) is 7.07. The van der Waals surface area contributed by atoms with Gasteiger partial charge in [0.1, 0.15) is 0 Å². The van der Waals surface area contributed by atoms with E-state index in [2.05, 4.69) is 50.2 Å². The van der Waals surface area contributed by atoms with E-state index in [1.54, 1.807) is 6.20 Å². The van der Waals surface area contributed by atoms with Crippen LogP contribution in [0.1, 0.15) is 42.8 Å². The molecular formula is C24H33N5O. The molecule has 1 N–H and O–H groups in total. The highest BCUT2D eigenvalue weighted by atomic mass is 16.1. The van der Waals surface area contributed by atoms with Crippen molar-refractivity contribution in [2.75, 3.05) is 26.2 Å². The Morgan fingerprint density at radius 3 is 2.67 bits per heavy atom. The number of carbonyl (C=O) groups is 1. The molecule has 1 atom stereocenters. The maximum absolute atomic E-state index is 12.7. The second kappa shape index (κ2) is 10.1. The number of aromatic nitrogens is 2. The summed E-state index contributed by atoms with van der Waals surface area (Å²) in [6.45, 7) is 7.72. The van der Waals surface area contributed by atoms with Gasteiger partial charge in [0.25, 0.3) is 0 Å². The van der Waals surface area contributed by atoms with Crippen LogP contribution in [0.5, 0.6) is 0 Å². The fourth-order valence-corrected chi connectivity index (χ4v) is 4.74. The van der Waals surface area contributed by atoms with Crippen molar-refractivity contribution in [3.63, 3.8) is 0 Å². The van der Waals surface area contributed by atoms with Gasteiger partial charge in [-0.3, -0.25) is 24.6 Å². The van der Waals surface area contributed by atoms with Crippen molar-refractivity contribution >= 4 is 5.91 Å². The van der Waals surface area contributed by atoms with Crippen molar-refractivity contribution in [1.82, 2.24) is 25.1 Å². The highest BCUT2D eigenvalue weighted by molar-refractivity contribution is 5.78. The van der Waals surface area contributed by atoms with Crippen molar-refractivity contribution in [3.8, 4) is 0 Å². The van der Waals surface area contributed by atoms with E-state index < -0.39 is 0 Å². The van der Waals surface area contributed by atoms with Gasteiger partial charge in [-0.15, -0.1) is 0 Å². The first-order valence-corrected chi connectivity index (χ1v) is 11.2. The first-order chi connectivity index (χ1) is 14.7. The number of nitrogens with one attached hydrogen (secondary N) is 1. The topological polar surface area (TPSA) is 61.4 Å². The summed E-state index contributed by atoms with van der Waals surface area (Å²) in [5, 5.41) is 3.09. The van der Waals surface area contributed by atoms with Gasteiger partial charge in [0.15, 0.2) is 0 Å². The van der Waals surface area contributed by atoms with Crippen LogP contribution in [0.4, 0.5) is 0 Å². The summed E-state index contributed by atoms with van der Waals surface area (Å²) in [5.74, 6) is 0.269. The predicted molar refractivity (Wildman–Crippen MR) is 118 cm³/mol. The minimum atomic E-state index is 0.0944. The van der Waals surface area contributed by atoms with E-state index >= 15 is 0 Å². The van der Waals surface area contributed by atoms with E-state index in [4.69, 9.17) is 0 Å². The number of aryl methyl sites for hydroxylation is 1. The van der Waals surface area contributed by atoms with Gasteiger partial charge in [-0.1, -0.05) is 12.1 Å². The monoisotopic (exact) mass is 407 g/mol. The number of carbonyl (C=O) groups excluding carboxylic acids is 1. The average Bonchev–Trinajstić information content (AvgIpc) is 2.79. The number of amides is 1. The summed E-state index contributed by atoms with van der Waals surface area (Å²) in [5.41, 5.74) is 3.16. The van der Waals surface area contributed by atoms with Gasteiger partial charge in [0.05, 0.1) is 23.9 Å². The number of rotatable bonds is 6. The average molecular weight is 408 g/mol. The van der Waals surface area contributed by atoms with Crippen LogP contribution in [-0.2, 0) is 17.9 Å². The third-order valence-electron chi connectivity index (χ3n) is 6.40. The Hall–Kier alpha value is -2.31. The first kappa shape index (κ1) is 20.9. The fraction of sp³-hybridized carbons (Fsp3) is 0.542. The summed E-state index contributed by atoms with van der Waals surface area (Å²) >= 11 is 0. The zero-order valence-corrected chi connectivity index (χ0v) is 18.0. The summed E-state index contributed by atoms with van der Waals surface area (Å²) in [6.07, 6.45) is 6.21. The molecule has 0 unspecified atom stereocenters. The molecule has 0 radical (unpaired) electrons. The minimum Gasteiger partial charge on any atom is -0.350 e. The van der Waals surface area contributed by atoms with Crippen molar-refractivity contribution < 1.29 is 4.79 Å². The van der Waals surface area contributed by atoms with Gasteiger partial charge in [-0.25, -0.2) is 0 Å². The third-order valence-corrected chi connectivity index (χ3v) is 6.40. The summed E-state index contributed by atoms with van der Waals surface area (Å²) in [6, 6.07) is 12.7. The molecule has 0 aliphatic carbocycles. The lowest BCUT2D eigenvalue weighted by atomic mass is 9.93. The van der Waals surface area contributed by atoms with Crippen molar-refractivity contribution in [3.05, 3.63) is 59.7 Å². The molecule has 0 bridgehead atoms. The van der Waals surface area contributed by atoms with Gasteiger partial charge in [0.2, 0.25) is 5.91 Å². The van der Waals surface area contributed by atoms with Gasteiger partial charge in [-0.2, -0.15) is 0 Å². The normalized spacial score (nSPS) is 21.4. The van der Waals surface area contributed by atoms with Gasteiger partial charge in [0, 0.05) is 44.1 Å². The molecule has 6 nitrogen and oxygen atoms in total. The molecule has 30 heavy (non-hydrogen) atoms. The largest absolute Gasteiger partial charge is 0.350 e. The van der Waals surface area contributed by atoms with Crippen LogP contribution in [0.25, 0.3) is 0 Å². The number of hydrogen-bond acceptors (Lipinski definition) is 5. The summed E-state index contributed by atoms with van der Waals surface area (Å²) < 4.78 is 0. The van der Waals surface area contributed by atoms with E-state index in [-0.39, 0.29) is 11.8 Å². The lowest BCUT2D eigenvalue weighted by molar-refractivity contribution is -0.127. The zero-order chi connectivity index (χ0) is 20.8. The molecule has 160 valence electrons. The van der Waals surface area contributed by atoms with Crippen LogP contribution in [-0.4, -0.2) is 57.9 Å². The van der Waals surface area contributed by atoms with E-state index in [1.807, 2.05) is 18.2 Å². The maximum Gasteiger partial charge on any atom is 0.224 e. The molecular weight excluding hydrogens is 374 g/mol. The molecule has 4 rings (SSSR count). The number of nitrogens with zero attached hydrogens (tertiary/aromatic N) is 4. The van der Waals surface area contributed by atoms with Crippen molar-refractivity contribution in [2.24, 2.45) is 5.92 Å². The Balaban J connectivity index is 1.23. The number of hydrogen-bond donors (Lipinski definition) is 1. The molecule has 0 aromatic carbocycles. The van der Waals surface area contributed by atoms with Gasteiger partial charge >= 0.3 is 0 Å². The molecule has 2 aliphatic rings. The summed E-state index contributed by atoms with van der Waals surface area (Å²) in [7, 11) is 0. The molecule has 0 saturated carbocycles. The second-order valence-electron chi connectivity index (χ2n) is 8.65. The fourth-order valence-electron chi connectivity index (χ4n) is 4.74. The van der Waals surface area contributed by atoms with E-state index in [1.165, 1.54) is 12.8 Å². The molecule has 2 aromatic rings. The first-order valence-electron chi connectivity index (χ1n) is 11.2. The van der Waals surface area contributed by atoms with Crippen molar-refractivity contribution in [2.45, 2.75) is 51.7 Å². The molecule has 0 spiro atoms. The number of likely N-dealkylation sites (tertiary alicyclic amines) is 2. The van der Waals surface area contributed by atoms with E-state index in [9.17, 15) is 4.79 Å². The molecule has 4 heterocycles. The molecule has 2 saturated heterocycles. The zero-order valence-electron chi connectivity index (χ0n) is 18.0. The quantitative estimate of drug-likeness (QED) is 0.798. The standard InChI is InChI=1S/C24H33N5O/c1-19-6-4-9-22(27-19)18-28-14-10-23(11-15-28)29-13-5-7-20(17-29)24(30)26-16-21-8-2-3-12-25-21/h2-4,6,8-9,12,20,23H,5,7,10-11,13-18H2,1H3,(H,26,30)/t20-/m0/s1. The Bertz CT molecular complexity index is 819. The van der Waals surface area contributed by atoms with Crippen LogP contribution in [0, 0.1) is 12.8 Å². The van der Waals surface area contributed by atoms with Crippen LogP contribution in [0.15, 0.2) is 42.6 Å². The molecule has 2 aromatic heterocycles. The number of pyridine rings is 2.